The van der Waals surface area contributed by atoms with Crippen LogP contribution >= 0.6 is 11.8 Å². The molecule has 0 aromatic carbocycles. The predicted molar refractivity (Wildman–Crippen MR) is 55.4 cm³/mol. The fourth-order valence-corrected chi connectivity index (χ4v) is 1.42. The fourth-order valence-electron chi connectivity index (χ4n) is 0.932. The maximum atomic E-state index is 11.5. The summed E-state index contributed by atoms with van der Waals surface area (Å²) in [7, 11) is 0. The van der Waals surface area contributed by atoms with Gasteiger partial charge in [-0.15, -0.1) is 0 Å². The third-order valence-electron chi connectivity index (χ3n) is 1.71. The van der Waals surface area contributed by atoms with Crippen LogP contribution < -0.4 is 5.73 Å². The summed E-state index contributed by atoms with van der Waals surface area (Å²) in [6.45, 7) is 5.73. The zero-order valence-corrected chi connectivity index (χ0v) is 9.20. The quantitative estimate of drug-likeness (QED) is 0.731. The molecular weight excluding hydrogens is 170 g/mol. The average molecular weight is 189 g/mol. The van der Waals surface area contributed by atoms with Crippen molar-refractivity contribution in [3.63, 3.8) is 0 Å². The molecule has 0 rings (SSSR count). The minimum Gasteiger partial charge on any atom is -0.321 e. The molecule has 0 aliphatic rings. The van der Waals surface area contributed by atoms with Crippen molar-refractivity contribution in [2.75, 3.05) is 12.0 Å². The Bertz CT molecular complexity index is 151. The van der Waals surface area contributed by atoms with Gasteiger partial charge < -0.3 is 5.73 Å². The van der Waals surface area contributed by atoms with E-state index in [2.05, 4.69) is 0 Å². The van der Waals surface area contributed by atoms with Crippen LogP contribution in [0.1, 0.15) is 27.2 Å². The Balaban J connectivity index is 3.94. The highest BCUT2D eigenvalue weighted by Gasteiger charge is 2.26. The highest BCUT2D eigenvalue weighted by molar-refractivity contribution is 7.98. The summed E-state index contributed by atoms with van der Waals surface area (Å²) in [4.78, 5) is 11.5. The van der Waals surface area contributed by atoms with Gasteiger partial charge in [0.1, 0.15) is 0 Å². The number of carbonyl (C=O) groups is 1. The van der Waals surface area contributed by atoms with Crippen molar-refractivity contribution in [3.05, 3.63) is 0 Å². The zero-order valence-electron chi connectivity index (χ0n) is 8.39. The Labute approximate surface area is 79.3 Å². The molecule has 0 bridgehead atoms. The Morgan fingerprint density at radius 1 is 1.50 bits per heavy atom. The minimum absolute atomic E-state index is 0.163. The third-order valence-corrected chi connectivity index (χ3v) is 2.35. The van der Waals surface area contributed by atoms with Gasteiger partial charge in [-0.05, 0) is 18.4 Å². The summed E-state index contributed by atoms with van der Waals surface area (Å²) in [6, 6.07) is -0.280. The number of ketones is 1. The van der Waals surface area contributed by atoms with Crippen LogP contribution in [0, 0.1) is 5.41 Å². The van der Waals surface area contributed by atoms with Crippen molar-refractivity contribution in [3.8, 4) is 0 Å². The van der Waals surface area contributed by atoms with Gasteiger partial charge >= 0.3 is 0 Å². The van der Waals surface area contributed by atoms with Crippen molar-refractivity contribution in [1.29, 1.82) is 0 Å². The molecule has 0 fully saturated rings. The van der Waals surface area contributed by atoms with Crippen LogP contribution in [-0.2, 0) is 4.79 Å². The summed E-state index contributed by atoms with van der Waals surface area (Å²) in [5.41, 5.74) is 5.43. The molecule has 2 nitrogen and oxygen atoms in total. The number of thioether (sulfide) groups is 1. The number of Topliss-reactive ketones (excluding diaryl/α,β-unsaturated/α-hetero) is 1. The van der Waals surface area contributed by atoms with E-state index in [4.69, 9.17) is 5.73 Å². The van der Waals surface area contributed by atoms with E-state index >= 15 is 0 Å². The monoisotopic (exact) mass is 189 g/mol. The van der Waals surface area contributed by atoms with Crippen LogP contribution in [0.4, 0.5) is 0 Å². The molecule has 12 heavy (non-hydrogen) atoms. The first-order valence-corrected chi connectivity index (χ1v) is 5.58. The first-order chi connectivity index (χ1) is 5.39. The smallest absolute Gasteiger partial charge is 0.154 e. The molecule has 0 aromatic heterocycles. The molecule has 2 N–H and O–H groups in total. The average Bonchev–Trinajstić information content (AvgIpc) is 1.97. The van der Waals surface area contributed by atoms with Gasteiger partial charge in [0.2, 0.25) is 0 Å². The molecule has 0 aromatic rings. The lowest BCUT2D eigenvalue weighted by atomic mass is 9.86. The standard InChI is InChI=1S/C9H19NOS/c1-9(2,3)8(11)7(10)5-6-12-4/h7H,5-6,10H2,1-4H3/t7-/m1/s1. The number of rotatable bonds is 4. The van der Waals surface area contributed by atoms with Gasteiger partial charge in [0.15, 0.2) is 5.78 Å². The number of nitrogens with two attached hydrogens (primary N) is 1. The van der Waals surface area contributed by atoms with Crippen molar-refractivity contribution >= 4 is 17.5 Å². The summed E-state index contributed by atoms with van der Waals surface area (Å²) < 4.78 is 0. The van der Waals surface area contributed by atoms with Gasteiger partial charge in [0.05, 0.1) is 6.04 Å². The lowest BCUT2D eigenvalue weighted by molar-refractivity contribution is -0.127. The Morgan fingerprint density at radius 3 is 2.33 bits per heavy atom. The van der Waals surface area contributed by atoms with E-state index in [1.165, 1.54) is 0 Å². The fraction of sp³-hybridized carbons (Fsp3) is 0.889. The van der Waals surface area contributed by atoms with Crippen LogP contribution in [-0.4, -0.2) is 23.8 Å². The lowest BCUT2D eigenvalue weighted by Gasteiger charge is -2.21. The van der Waals surface area contributed by atoms with Gasteiger partial charge in [-0.1, -0.05) is 20.8 Å². The Kier molecular flexibility index (Phi) is 4.87. The maximum absolute atomic E-state index is 11.5. The number of hydrogen-bond acceptors (Lipinski definition) is 3. The molecule has 0 aliphatic heterocycles. The topological polar surface area (TPSA) is 43.1 Å². The number of hydrogen-bond donors (Lipinski definition) is 1. The second-order valence-corrected chi connectivity index (χ2v) is 4.99. The Hall–Kier alpha value is -0.0200. The normalized spacial score (nSPS) is 14.4. The molecule has 0 spiro atoms. The van der Waals surface area contributed by atoms with E-state index < -0.39 is 0 Å². The molecule has 0 radical (unpaired) electrons. The van der Waals surface area contributed by atoms with Crippen LogP contribution in [0.3, 0.4) is 0 Å². The predicted octanol–water partition coefficient (Wildman–Crippen LogP) is 1.68. The van der Waals surface area contributed by atoms with E-state index in [-0.39, 0.29) is 17.2 Å². The Morgan fingerprint density at radius 2 is 2.00 bits per heavy atom. The van der Waals surface area contributed by atoms with E-state index in [0.717, 1.165) is 12.2 Å². The van der Waals surface area contributed by atoms with Gasteiger partial charge in [-0.25, -0.2) is 0 Å². The SMILES string of the molecule is CSCC[C@@H](N)C(=O)C(C)(C)C. The highest BCUT2D eigenvalue weighted by atomic mass is 32.2. The lowest BCUT2D eigenvalue weighted by Crippen LogP contribution is -2.39. The molecular formula is C9H19NOS. The van der Waals surface area contributed by atoms with Crippen molar-refractivity contribution in [2.45, 2.75) is 33.2 Å². The van der Waals surface area contributed by atoms with Gasteiger partial charge in [0.25, 0.3) is 0 Å². The summed E-state index contributed by atoms with van der Waals surface area (Å²) >= 11 is 1.73. The third kappa shape index (κ3) is 4.12. The highest BCUT2D eigenvalue weighted by Crippen LogP contribution is 2.17. The molecule has 0 saturated carbocycles. The molecule has 72 valence electrons. The molecule has 0 unspecified atom stereocenters. The van der Waals surface area contributed by atoms with Gasteiger partial charge in [0, 0.05) is 5.41 Å². The van der Waals surface area contributed by atoms with E-state index in [0.29, 0.717) is 0 Å². The molecule has 1 atom stereocenters. The van der Waals surface area contributed by atoms with Crippen LogP contribution in [0.5, 0.6) is 0 Å². The second-order valence-electron chi connectivity index (χ2n) is 4.00. The molecule has 0 amide bonds. The number of carbonyl (C=O) groups excluding carboxylic acids is 1. The second kappa shape index (κ2) is 4.87. The molecule has 0 heterocycles. The zero-order chi connectivity index (χ0) is 9.78. The minimum atomic E-state index is -0.294. The van der Waals surface area contributed by atoms with Gasteiger partial charge in [-0.3, -0.25) is 4.79 Å². The van der Waals surface area contributed by atoms with Crippen molar-refractivity contribution < 1.29 is 4.79 Å². The van der Waals surface area contributed by atoms with E-state index in [1.54, 1.807) is 11.8 Å². The molecule has 0 saturated heterocycles. The van der Waals surface area contributed by atoms with Crippen LogP contribution in [0.2, 0.25) is 0 Å². The van der Waals surface area contributed by atoms with Crippen molar-refractivity contribution in [1.82, 2.24) is 0 Å². The van der Waals surface area contributed by atoms with Crippen LogP contribution in [0.25, 0.3) is 0 Å². The first-order valence-electron chi connectivity index (χ1n) is 4.18. The van der Waals surface area contributed by atoms with E-state index in [9.17, 15) is 4.79 Å². The van der Waals surface area contributed by atoms with Crippen molar-refractivity contribution in [2.24, 2.45) is 11.1 Å². The summed E-state index contributed by atoms with van der Waals surface area (Å²) in [6.07, 6.45) is 2.81. The van der Waals surface area contributed by atoms with E-state index in [1.807, 2.05) is 27.0 Å². The van der Waals surface area contributed by atoms with Gasteiger partial charge in [-0.2, -0.15) is 11.8 Å². The maximum Gasteiger partial charge on any atom is 0.154 e. The molecule has 0 aliphatic carbocycles. The summed E-state index contributed by atoms with van der Waals surface area (Å²) in [5, 5.41) is 0. The van der Waals surface area contributed by atoms with Crippen LogP contribution in [0.15, 0.2) is 0 Å². The summed E-state index contributed by atoms with van der Waals surface area (Å²) in [5.74, 6) is 1.12. The molecule has 3 heteroatoms. The first kappa shape index (κ1) is 12.0. The largest absolute Gasteiger partial charge is 0.321 e.